The Morgan fingerprint density at radius 2 is 1.84 bits per heavy atom. The lowest BCUT2D eigenvalue weighted by atomic mass is 10.0. The summed E-state index contributed by atoms with van der Waals surface area (Å²) in [7, 11) is 0. The maximum absolute atomic E-state index is 6.16. The third-order valence-electron chi connectivity index (χ3n) is 3.21. The number of hydrogen-bond donors (Lipinski definition) is 1. The van der Waals surface area contributed by atoms with Gasteiger partial charge in [-0.15, -0.1) is 0 Å². The van der Waals surface area contributed by atoms with E-state index in [1.54, 1.807) is 0 Å². The first-order chi connectivity index (χ1) is 8.91. The van der Waals surface area contributed by atoms with Crippen LogP contribution in [-0.2, 0) is 0 Å². The Kier molecular flexibility index (Phi) is 4.33. The first kappa shape index (κ1) is 14.6. The van der Waals surface area contributed by atoms with Gasteiger partial charge in [0.1, 0.15) is 0 Å². The van der Waals surface area contributed by atoms with E-state index in [2.05, 4.69) is 21.0 Å². The Balaban J connectivity index is 2.51. The second-order valence-electron chi connectivity index (χ2n) is 4.78. The summed E-state index contributed by atoms with van der Waals surface area (Å²) in [4.78, 5) is 0. The third kappa shape index (κ3) is 2.86. The van der Waals surface area contributed by atoms with Crippen LogP contribution in [-0.4, -0.2) is 15.8 Å². The summed E-state index contributed by atoms with van der Waals surface area (Å²) in [6.45, 7) is 6.01. The molecule has 1 aromatic carbocycles. The molecule has 2 aromatic rings. The normalized spacial score (nSPS) is 14.4. The SMILES string of the molecule is Cc1nn(C(c2ccc(Cl)cc2)C(C)N)c(C)c1Br. The quantitative estimate of drug-likeness (QED) is 0.920. The highest BCUT2D eigenvalue weighted by Gasteiger charge is 2.22. The monoisotopic (exact) mass is 341 g/mol. The van der Waals surface area contributed by atoms with Gasteiger partial charge in [0.25, 0.3) is 0 Å². The van der Waals surface area contributed by atoms with Crippen molar-refractivity contribution in [2.45, 2.75) is 32.9 Å². The summed E-state index contributed by atoms with van der Waals surface area (Å²) in [6, 6.07) is 7.72. The largest absolute Gasteiger partial charge is 0.326 e. The van der Waals surface area contributed by atoms with E-state index in [4.69, 9.17) is 17.3 Å². The molecule has 0 radical (unpaired) electrons. The van der Waals surface area contributed by atoms with Crippen molar-refractivity contribution in [3.63, 3.8) is 0 Å². The van der Waals surface area contributed by atoms with Crippen LogP contribution < -0.4 is 5.73 Å². The number of benzene rings is 1. The zero-order valence-electron chi connectivity index (χ0n) is 11.2. The Morgan fingerprint density at radius 1 is 1.26 bits per heavy atom. The van der Waals surface area contributed by atoms with Crippen molar-refractivity contribution in [3.8, 4) is 0 Å². The number of aromatic nitrogens is 2. The van der Waals surface area contributed by atoms with Crippen LogP contribution in [0.15, 0.2) is 28.7 Å². The molecule has 0 saturated heterocycles. The van der Waals surface area contributed by atoms with Gasteiger partial charge in [-0.2, -0.15) is 5.10 Å². The first-order valence-corrected chi connectivity index (χ1v) is 7.31. The van der Waals surface area contributed by atoms with E-state index < -0.39 is 0 Å². The Morgan fingerprint density at radius 3 is 2.26 bits per heavy atom. The molecular weight excluding hydrogens is 326 g/mol. The molecule has 1 aromatic heterocycles. The number of halogens is 2. The summed E-state index contributed by atoms with van der Waals surface area (Å²) in [6.07, 6.45) is 0. The maximum atomic E-state index is 6.16. The van der Waals surface area contributed by atoms with Crippen LogP contribution in [0.3, 0.4) is 0 Å². The number of nitrogens with two attached hydrogens (primary N) is 1. The van der Waals surface area contributed by atoms with Crippen LogP contribution >= 0.6 is 27.5 Å². The van der Waals surface area contributed by atoms with E-state index in [0.717, 1.165) is 26.4 Å². The highest BCUT2D eigenvalue weighted by atomic mass is 79.9. The van der Waals surface area contributed by atoms with Gasteiger partial charge in [0.2, 0.25) is 0 Å². The van der Waals surface area contributed by atoms with Crippen LogP contribution in [0.25, 0.3) is 0 Å². The standard InChI is InChI=1S/C14H17BrClN3/c1-8(17)14(11-4-6-12(16)7-5-11)19-10(3)13(15)9(2)18-19/h4-8,14H,17H2,1-3H3. The zero-order valence-corrected chi connectivity index (χ0v) is 13.5. The smallest absolute Gasteiger partial charge is 0.0920 e. The Labute approximate surface area is 126 Å². The van der Waals surface area contributed by atoms with Crippen molar-refractivity contribution in [2.75, 3.05) is 0 Å². The van der Waals surface area contributed by atoms with Gasteiger partial charge in [0.05, 0.1) is 21.9 Å². The number of nitrogens with zero attached hydrogens (tertiary/aromatic N) is 2. The molecule has 2 atom stereocenters. The van der Waals surface area contributed by atoms with Gasteiger partial charge < -0.3 is 5.73 Å². The molecule has 1 heterocycles. The fourth-order valence-electron chi connectivity index (χ4n) is 2.24. The van der Waals surface area contributed by atoms with Crippen LogP contribution in [0.2, 0.25) is 5.02 Å². The van der Waals surface area contributed by atoms with E-state index in [0.29, 0.717) is 0 Å². The minimum atomic E-state index is -0.0499. The van der Waals surface area contributed by atoms with Gasteiger partial charge in [-0.25, -0.2) is 0 Å². The van der Waals surface area contributed by atoms with Crippen LogP contribution in [0.1, 0.15) is 29.9 Å². The van der Waals surface area contributed by atoms with Crippen molar-refractivity contribution in [2.24, 2.45) is 5.73 Å². The molecule has 2 unspecified atom stereocenters. The minimum absolute atomic E-state index is 0.00210. The molecule has 0 aliphatic rings. The van der Waals surface area contributed by atoms with Crippen molar-refractivity contribution in [1.82, 2.24) is 9.78 Å². The number of aryl methyl sites for hydroxylation is 1. The van der Waals surface area contributed by atoms with Crippen molar-refractivity contribution >= 4 is 27.5 Å². The molecule has 2 rings (SSSR count). The molecular formula is C14H17BrClN3. The third-order valence-corrected chi connectivity index (χ3v) is 4.61. The van der Waals surface area contributed by atoms with E-state index in [-0.39, 0.29) is 12.1 Å². The van der Waals surface area contributed by atoms with Gasteiger partial charge in [0.15, 0.2) is 0 Å². The summed E-state index contributed by atoms with van der Waals surface area (Å²) in [5.74, 6) is 0. The summed E-state index contributed by atoms with van der Waals surface area (Å²) in [5.41, 5.74) is 9.31. The van der Waals surface area contributed by atoms with E-state index in [1.165, 1.54) is 0 Å². The molecule has 0 saturated carbocycles. The highest BCUT2D eigenvalue weighted by Crippen LogP contribution is 2.28. The van der Waals surface area contributed by atoms with Gasteiger partial charge in [-0.3, -0.25) is 4.68 Å². The molecule has 0 bridgehead atoms. The lowest BCUT2D eigenvalue weighted by molar-refractivity contribution is 0.443. The molecule has 0 aliphatic carbocycles. The number of hydrogen-bond acceptors (Lipinski definition) is 2. The fourth-order valence-corrected chi connectivity index (χ4v) is 2.63. The lowest BCUT2D eigenvalue weighted by Gasteiger charge is -2.23. The molecule has 0 spiro atoms. The van der Waals surface area contributed by atoms with Gasteiger partial charge >= 0.3 is 0 Å². The zero-order chi connectivity index (χ0) is 14.2. The highest BCUT2D eigenvalue weighted by molar-refractivity contribution is 9.10. The second-order valence-corrected chi connectivity index (χ2v) is 6.01. The van der Waals surface area contributed by atoms with E-state index in [9.17, 15) is 0 Å². The van der Waals surface area contributed by atoms with Crippen LogP contribution in [0.4, 0.5) is 0 Å². The molecule has 102 valence electrons. The van der Waals surface area contributed by atoms with Gasteiger partial charge in [-0.1, -0.05) is 23.7 Å². The average Bonchev–Trinajstić information content (AvgIpc) is 2.60. The molecule has 19 heavy (non-hydrogen) atoms. The molecule has 3 nitrogen and oxygen atoms in total. The summed E-state index contributed by atoms with van der Waals surface area (Å²) >= 11 is 9.50. The average molecular weight is 343 g/mol. The maximum Gasteiger partial charge on any atom is 0.0920 e. The topological polar surface area (TPSA) is 43.8 Å². The first-order valence-electron chi connectivity index (χ1n) is 6.14. The van der Waals surface area contributed by atoms with Crippen LogP contribution in [0, 0.1) is 13.8 Å². The number of rotatable bonds is 3. The predicted molar refractivity (Wildman–Crippen MR) is 82.6 cm³/mol. The van der Waals surface area contributed by atoms with Crippen molar-refractivity contribution in [3.05, 3.63) is 50.7 Å². The predicted octanol–water partition coefficient (Wildman–Crippen LogP) is 3.85. The van der Waals surface area contributed by atoms with Crippen LogP contribution in [0.5, 0.6) is 0 Å². The Hall–Kier alpha value is -0.840. The summed E-state index contributed by atoms with van der Waals surface area (Å²) in [5, 5.41) is 5.31. The molecule has 2 N–H and O–H groups in total. The summed E-state index contributed by atoms with van der Waals surface area (Å²) < 4.78 is 3.01. The van der Waals surface area contributed by atoms with E-state index >= 15 is 0 Å². The Bertz CT molecular complexity index is 575. The molecule has 0 aliphatic heterocycles. The van der Waals surface area contributed by atoms with E-state index in [1.807, 2.05) is 49.7 Å². The van der Waals surface area contributed by atoms with Gasteiger partial charge in [-0.05, 0) is 54.4 Å². The minimum Gasteiger partial charge on any atom is -0.326 e. The molecule has 5 heteroatoms. The molecule has 0 amide bonds. The van der Waals surface area contributed by atoms with Gasteiger partial charge in [0, 0.05) is 11.1 Å². The lowest BCUT2D eigenvalue weighted by Crippen LogP contribution is -2.31. The molecule has 0 fully saturated rings. The van der Waals surface area contributed by atoms with Crippen molar-refractivity contribution < 1.29 is 0 Å². The second kappa shape index (κ2) is 5.65. The van der Waals surface area contributed by atoms with Crippen molar-refractivity contribution in [1.29, 1.82) is 0 Å². The fraction of sp³-hybridized carbons (Fsp3) is 0.357.